The lowest BCUT2D eigenvalue weighted by Crippen LogP contribution is -2.15. The van der Waals surface area contributed by atoms with Gasteiger partial charge in [-0.05, 0) is 41.0 Å². The average molecular weight is 333 g/mol. The van der Waals surface area contributed by atoms with E-state index in [0.29, 0.717) is 31.3 Å². The van der Waals surface area contributed by atoms with Crippen molar-refractivity contribution in [3.63, 3.8) is 0 Å². The molecule has 126 valence electrons. The predicted molar refractivity (Wildman–Crippen MR) is 98.1 cm³/mol. The van der Waals surface area contributed by atoms with Gasteiger partial charge in [0.25, 0.3) is 0 Å². The molecule has 4 nitrogen and oxygen atoms in total. The number of anilines is 1. The molecule has 25 heavy (non-hydrogen) atoms. The molecule has 0 atom stereocenters. The van der Waals surface area contributed by atoms with Gasteiger partial charge in [0, 0.05) is 0 Å². The zero-order chi connectivity index (χ0) is 17.1. The number of hydrogen-bond donors (Lipinski definition) is 1. The second-order valence-electron chi connectivity index (χ2n) is 5.89. The predicted octanol–water partition coefficient (Wildman–Crippen LogP) is 4.29. The Kier molecular flexibility index (Phi) is 4.17. The summed E-state index contributed by atoms with van der Waals surface area (Å²) in [5, 5.41) is 0. The van der Waals surface area contributed by atoms with E-state index in [-0.39, 0.29) is 0 Å². The minimum absolute atomic E-state index is 0.494. The van der Waals surface area contributed by atoms with E-state index in [4.69, 9.17) is 19.9 Å². The zero-order valence-electron chi connectivity index (χ0n) is 13.8. The molecule has 0 amide bonds. The molecule has 0 bridgehead atoms. The molecule has 0 unspecified atom stereocenters. The molecule has 1 aliphatic heterocycles. The molecule has 0 saturated heterocycles. The second-order valence-corrected chi connectivity index (χ2v) is 5.89. The van der Waals surface area contributed by atoms with Crippen LogP contribution in [0.25, 0.3) is 11.1 Å². The first-order valence-corrected chi connectivity index (χ1v) is 8.26. The summed E-state index contributed by atoms with van der Waals surface area (Å²) in [5.41, 5.74) is 9.95. The van der Waals surface area contributed by atoms with Crippen LogP contribution < -0.4 is 19.9 Å². The van der Waals surface area contributed by atoms with Gasteiger partial charge in [-0.15, -0.1) is 0 Å². The summed E-state index contributed by atoms with van der Waals surface area (Å²) in [5.74, 6) is 2.24. The molecule has 2 N–H and O–H groups in total. The minimum Gasteiger partial charge on any atom is -0.487 e. The smallest absolute Gasteiger partial charge is 0.161 e. The van der Waals surface area contributed by atoms with Gasteiger partial charge in [-0.2, -0.15) is 0 Å². The fourth-order valence-corrected chi connectivity index (χ4v) is 2.82. The number of nitrogen functional groups attached to an aromatic ring is 1. The van der Waals surface area contributed by atoms with Crippen molar-refractivity contribution in [2.45, 2.75) is 6.61 Å². The Morgan fingerprint density at radius 2 is 1.52 bits per heavy atom. The third-order valence-electron chi connectivity index (χ3n) is 4.12. The highest BCUT2D eigenvalue weighted by atomic mass is 16.6. The van der Waals surface area contributed by atoms with Crippen LogP contribution in [0.1, 0.15) is 5.56 Å². The van der Waals surface area contributed by atoms with Crippen LogP contribution >= 0.6 is 0 Å². The van der Waals surface area contributed by atoms with Crippen LogP contribution in [0.4, 0.5) is 5.69 Å². The summed E-state index contributed by atoms with van der Waals surface area (Å²) in [4.78, 5) is 0. The molecule has 0 aromatic heterocycles. The number of hydrogen-bond acceptors (Lipinski definition) is 4. The maximum Gasteiger partial charge on any atom is 0.161 e. The highest BCUT2D eigenvalue weighted by molar-refractivity contribution is 5.72. The Balaban J connectivity index is 1.53. The first kappa shape index (κ1) is 15.4. The van der Waals surface area contributed by atoms with E-state index in [2.05, 4.69) is 0 Å². The van der Waals surface area contributed by atoms with Gasteiger partial charge in [0.05, 0.1) is 5.69 Å². The van der Waals surface area contributed by atoms with Crippen LogP contribution in [0.2, 0.25) is 0 Å². The molecular weight excluding hydrogens is 314 g/mol. The standard InChI is InChI=1S/C21H19NO3/c22-18-12-16(17-7-9-20-21(13-17)24-11-10-23-20)6-8-19(18)25-14-15-4-2-1-3-5-15/h1-9,12-13H,10-11,14,22H2. The number of ether oxygens (including phenoxy) is 3. The number of nitrogens with two attached hydrogens (primary N) is 1. The molecule has 1 heterocycles. The van der Waals surface area contributed by atoms with Gasteiger partial charge in [-0.25, -0.2) is 0 Å². The summed E-state index contributed by atoms with van der Waals surface area (Å²) >= 11 is 0. The van der Waals surface area contributed by atoms with Crippen LogP contribution in [0, 0.1) is 0 Å². The van der Waals surface area contributed by atoms with E-state index < -0.39 is 0 Å². The summed E-state index contributed by atoms with van der Waals surface area (Å²) < 4.78 is 17.0. The molecule has 3 aromatic rings. The van der Waals surface area contributed by atoms with Crippen LogP contribution in [-0.4, -0.2) is 13.2 Å². The SMILES string of the molecule is Nc1cc(-c2ccc3c(c2)OCCO3)ccc1OCc1ccccc1. The van der Waals surface area contributed by atoms with Gasteiger partial charge in [-0.1, -0.05) is 42.5 Å². The molecular formula is C21H19NO3. The Bertz CT molecular complexity index is 878. The van der Waals surface area contributed by atoms with Crippen molar-refractivity contribution in [1.29, 1.82) is 0 Å². The zero-order valence-corrected chi connectivity index (χ0v) is 13.8. The summed E-state index contributed by atoms with van der Waals surface area (Å²) in [6.45, 7) is 1.66. The normalized spacial score (nSPS) is 12.6. The van der Waals surface area contributed by atoms with Crippen molar-refractivity contribution in [2.24, 2.45) is 0 Å². The van der Waals surface area contributed by atoms with E-state index in [0.717, 1.165) is 28.2 Å². The van der Waals surface area contributed by atoms with E-state index in [1.54, 1.807) is 0 Å². The molecule has 4 rings (SSSR count). The van der Waals surface area contributed by atoms with E-state index in [1.807, 2.05) is 66.7 Å². The molecule has 0 aliphatic carbocycles. The van der Waals surface area contributed by atoms with Crippen LogP contribution in [0.5, 0.6) is 17.2 Å². The van der Waals surface area contributed by atoms with Crippen molar-refractivity contribution in [2.75, 3.05) is 18.9 Å². The van der Waals surface area contributed by atoms with E-state index >= 15 is 0 Å². The van der Waals surface area contributed by atoms with Crippen molar-refractivity contribution < 1.29 is 14.2 Å². The van der Waals surface area contributed by atoms with Crippen LogP contribution in [0.15, 0.2) is 66.7 Å². The van der Waals surface area contributed by atoms with Crippen molar-refractivity contribution in [1.82, 2.24) is 0 Å². The molecule has 0 saturated carbocycles. The fraction of sp³-hybridized carbons (Fsp3) is 0.143. The van der Waals surface area contributed by atoms with Gasteiger partial charge in [0.1, 0.15) is 25.6 Å². The lowest BCUT2D eigenvalue weighted by atomic mass is 10.0. The lowest BCUT2D eigenvalue weighted by Gasteiger charge is -2.19. The third-order valence-corrected chi connectivity index (χ3v) is 4.12. The second kappa shape index (κ2) is 6.77. The third kappa shape index (κ3) is 3.38. The fourth-order valence-electron chi connectivity index (χ4n) is 2.82. The first-order valence-electron chi connectivity index (χ1n) is 8.26. The van der Waals surface area contributed by atoms with Crippen molar-refractivity contribution in [3.8, 4) is 28.4 Å². The Labute approximate surface area is 146 Å². The Hall–Kier alpha value is -3.14. The molecule has 1 aliphatic rings. The molecule has 3 aromatic carbocycles. The highest BCUT2D eigenvalue weighted by Crippen LogP contribution is 2.36. The van der Waals surface area contributed by atoms with Crippen molar-refractivity contribution in [3.05, 3.63) is 72.3 Å². The van der Waals surface area contributed by atoms with Gasteiger partial charge >= 0.3 is 0 Å². The van der Waals surface area contributed by atoms with E-state index in [1.165, 1.54) is 0 Å². The highest BCUT2D eigenvalue weighted by Gasteiger charge is 2.13. The van der Waals surface area contributed by atoms with Gasteiger partial charge in [-0.3, -0.25) is 0 Å². The maximum absolute atomic E-state index is 6.18. The van der Waals surface area contributed by atoms with Gasteiger partial charge in [0.15, 0.2) is 11.5 Å². The first-order chi connectivity index (χ1) is 12.3. The summed E-state index contributed by atoms with van der Waals surface area (Å²) in [6.07, 6.45) is 0. The number of fused-ring (bicyclic) bond motifs is 1. The molecule has 4 heteroatoms. The summed E-state index contributed by atoms with van der Waals surface area (Å²) in [7, 11) is 0. The van der Waals surface area contributed by atoms with Crippen molar-refractivity contribution >= 4 is 5.69 Å². The lowest BCUT2D eigenvalue weighted by molar-refractivity contribution is 0.171. The Morgan fingerprint density at radius 3 is 2.32 bits per heavy atom. The monoisotopic (exact) mass is 333 g/mol. The quantitative estimate of drug-likeness (QED) is 0.724. The molecule has 0 radical (unpaired) electrons. The van der Waals surface area contributed by atoms with Gasteiger partial charge in [0.2, 0.25) is 0 Å². The minimum atomic E-state index is 0.494. The molecule has 0 fully saturated rings. The Morgan fingerprint density at radius 1 is 0.800 bits per heavy atom. The van der Waals surface area contributed by atoms with Crippen LogP contribution in [0.3, 0.4) is 0 Å². The van der Waals surface area contributed by atoms with Crippen LogP contribution in [-0.2, 0) is 6.61 Å². The number of rotatable bonds is 4. The summed E-state index contributed by atoms with van der Waals surface area (Å²) in [6, 6.07) is 21.8. The van der Waals surface area contributed by atoms with E-state index in [9.17, 15) is 0 Å². The number of benzene rings is 3. The maximum atomic E-state index is 6.18. The largest absolute Gasteiger partial charge is 0.487 e. The molecule has 0 spiro atoms. The van der Waals surface area contributed by atoms with Gasteiger partial charge < -0.3 is 19.9 Å². The topological polar surface area (TPSA) is 53.7 Å². The average Bonchev–Trinajstić information content (AvgIpc) is 2.67.